The normalized spacial score (nSPS) is 12.9. The molecule has 1 aromatic rings. The molecule has 0 amide bonds. The first kappa shape index (κ1) is 11.5. The number of hydrogen-bond acceptors (Lipinski definition) is 2. The minimum atomic E-state index is -2.15. The van der Waals surface area contributed by atoms with E-state index in [2.05, 4.69) is 25.8 Å². The molecule has 3 heteroatoms. The van der Waals surface area contributed by atoms with Gasteiger partial charge in [-0.1, -0.05) is 20.8 Å². The highest BCUT2D eigenvalue weighted by molar-refractivity contribution is 7.70. The van der Waals surface area contributed by atoms with Crippen LogP contribution in [-0.4, -0.2) is 18.3 Å². The summed E-state index contributed by atoms with van der Waals surface area (Å²) >= 11 is 0. The third-order valence-corrected chi connectivity index (χ3v) is 3.65. The fraction of sp³-hybridized carbons (Fsp3) is 0.545. The van der Waals surface area contributed by atoms with Crippen molar-refractivity contribution in [1.29, 1.82) is 0 Å². The van der Waals surface area contributed by atoms with Crippen LogP contribution in [0.25, 0.3) is 0 Å². The zero-order chi connectivity index (χ0) is 11.0. The SMILES string of the molecule is CC(C)(C)c1ccc(P(C)(C)=O)cn1. The topological polar surface area (TPSA) is 30.0 Å². The molecule has 14 heavy (non-hydrogen) atoms. The number of nitrogens with zero attached hydrogens (tertiary/aromatic N) is 1. The lowest BCUT2D eigenvalue weighted by Gasteiger charge is -2.18. The highest BCUT2D eigenvalue weighted by atomic mass is 31.2. The third-order valence-electron chi connectivity index (χ3n) is 2.14. The van der Waals surface area contributed by atoms with E-state index in [-0.39, 0.29) is 5.41 Å². The first-order valence-electron chi connectivity index (χ1n) is 4.73. The van der Waals surface area contributed by atoms with Crippen molar-refractivity contribution in [3.05, 3.63) is 24.0 Å². The van der Waals surface area contributed by atoms with Crippen LogP contribution >= 0.6 is 7.14 Å². The maximum Gasteiger partial charge on any atom is 0.111 e. The van der Waals surface area contributed by atoms with Crippen LogP contribution in [-0.2, 0) is 9.98 Å². The molecule has 0 bridgehead atoms. The van der Waals surface area contributed by atoms with E-state index in [9.17, 15) is 4.57 Å². The van der Waals surface area contributed by atoms with Crippen molar-refractivity contribution >= 4 is 12.4 Å². The van der Waals surface area contributed by atoms with E-state index in [4.69, 9.17) is 0 Å². The van der Waals surface area contributed by atoms with Crippen molar-refractivity contribution in [2.75, 3.05) is 13.3 Å². The van der Waals surface area contributed by atoms with Gasteiger partial charge in [-0.15, -0.1) is 0 Å². The van der Waals surface area contributed by atoms with Gasteiger partial charge in [-0.3, -0.25) is 4.98 Å². The van der Waals surface area contributed by atoms with Gasteiger partial charge in [0.05, 0.1) is 0 Å². The lowest BCUT2D eigenvalue weighted by molar-refractivity contribution is 0.568. The van der Waals surface area contributed by atoms with Crippen LogP contribution in [0, 0.1) is 0 Å². The fourth-order valence-electron chi connectivity index (χ4n) is 1.15. The maximum absolute atomic E-state index is 11.7. The number of pyridine rings is 1. The molecule has 1 aromatic heterocycles. The molecule has 0 saturated carbocycles. The molecule has 1 heterocycles. The lowest BCUT2D eigenvalue weighted by atomic mass is 9.92. The second-order valence-corrected chi connectivity index (χ2v) is 8.22. The van der Waals surface area contributed by atoms with Crippen LogP contribution in [0.1, 0.15) is 26.5 Å². The summed E-state index contributed by atoms with van der Waals surface area (Å²) in [4.78, 5) is 4.34. The first-order valence-corrected chi connectivity index (χ1v) is 7.33. The quantitative estimate of drug-likeness (QED) is 0.668. The van der Waals surface area contributed by atoms with E-state index in [1.54, 1.807) is 19.5 Å². The molecule has 0 atom stereocenters. The highest BCUT2D eigenvalue weighted by Gasteiger charge is 2.17. The predicted molar refractivity (Wildman–Crippen MR) is 62.0 cm³/mol. The van der Waals surface area contributed by atoms with Crippen molar-refractivity contribution in [3.63, 3.8) is 0 Å². The van der Waals surface area contributed by atoms with Gasteiger partial charge in [0.25, 0.3) is 0 Å². The van der Waals surface area contributed by atoms with Gasteiger partial charge in [0.15, 0.2) is 0 Å². The largest absolute Gasteiger partial charge is 0.319 e. The molecule has 2 nitrogen and oxygen atoms in total. The molecule has 0 aromatic carbocycles. The van der Waals surface area contributed by atoms with E-state index in [1.807, 2.05) is 12.1 Å². The van der Waals surface area contributed by atoms with Crippen LogP contribution < -0.4 is 5.30 Å². The Labute approximate surface area is 86.1 Å². The molecule has 1 rings (SSSR count). The molecule has 0 unspecified atom stereocenters. The Kier molecular flexibility index (Phi) is 2.87. The Bertz CT molecular complexity index is 356. The minimum absolute atomic E-state index is 0.0595. The average molecular weight is 211 g/mol. The van der Waals surface area contributed by atoms with E-state index in [0.29, 0.717) is 0 Å². The van der Waals surface area contributed by atoms with Crippen LogP contribution in [0.5, 0.6) is 0 Å². The molecular formula is C11H18NOP. The molecule has 0 N–H and O–H groups in total. The summed E-state index contributed by atoms with van der Waals surface area (Å²) in [5.74, 6) is 0. The van der Waals surface area contributed by atoms with Crippen molar-refractivity contribution in [1.82, 2.24) is 4.98 Å². The van der Waals surface area contributed by atoms with Crippen molar-refractivity contribution in [3.8, 4) is 0 Å². The van der Waals surface area contributed by atoms with Gasteiger partial charge in [0.1, 0.15) is 7.14 Å². The van der Waals surface area contributed by atoms with Crippen molar-refractivity contribution < 1.29 is 4.57 Å². The molecule has 0 fully saturated rings. The Morgan fingerprint density at radius 2 is 1.79 bits per heavy atom. The van der Waals surface area contributed by atoms with E-state index < -0.39 is 7.14 Å². The van der Waals surface area contributed by atoms with Crippen molar-refractivity contribution in [2.45, 2.75) is 26.2 Å². The zero-order valence-electron chi connectivity index (χ0n) is 9.53. The van der Waals surface area contributed by atoms with Crippen LogP contribution in [0.3, 0.4) is 0 Å². The predicted octanol–water partition coefficient (Wildman–Crippen LogP) is 2.63. The molecule has 0 aliphatic rings. The Morgan fingerprint density at radius 3 is 2.07 bits per heavy atom. The molecule has 0 aliphatic heterocycles. The third kappa shape index (κ3) is 2.68. The van der Waals surface area contributed by atoms with Crippen LogP contribution in [0.15, 0.2) is 18.3 Å². The van der Waals surface area contributed by atoms with E-state index in [1.165, 1.54) is 0 Å². The summed E-state index contributed by atoms with van der Waals surface area (Å²) < 4.78 is 11.7. The minimum Gasteiger partial charge on any atom is -0.319 e. The second kappa shape index (κ2) is 3.51. The molecule has 0 aliphatic carbocycles. The van der Waals surface area contributed by atoms with Gasteiger partial charge in [-0.25, -0.2) is 0 Å². The van der Waals surface area contributed by atoms with Crippen LogP contribution in [0.4, 0.5) is 0 Å². The molecular weight excluding hydrogens is 193 g/mol. The number of hydrogen-bond donors (Lipinski definition) is 0. The fourth-order valence-corrected chi connectivity index (χ4v) is 1.92. The maximum atomic E-state index is 11.7. The summed E-state index contributed by atoms with van der Waals surface area (Å²) in [6, 6.07) is 3.89. The van der Waals surface area contributed by atoms with Gasteiger partial charge in [0.2, 0.25) is 0 Å². The highest BCUT2D eigenvalue weighted by Crippen LogP contribution is 2.34. The summed E-state index contributed by atoms with van der Waals surface area (Å²) in [5, 5.41) is 0.852. The van der Waals surface area contributed by atoms with Gasteiger partial charge in [0, 0.05) is 22.6 Å². The van der Waals surface area contributed by atoms with Crippen molar-refractivity contribution in [2.24, 2.45) is 0 Å². The van der Waals surface area contributed by atoms with Gasteiger partial charge < -0.3 is 4.57 Å². The van der Waals surface area contributed by atoms with E-state index in [0.717, 1.165) is 11.0 Å². The van der Waals surface area contributed by atoms with Gasteiger partial charge >= 0.3 is 0 Å². The summed E-state index contributed by atoms with van der Waals surface area (Å²) in [6.07, 6.45) is 1.74. The van der Waals surface area contributed by atoms with Crippen LogP contribution in [0.2, 0.25) is 0 Å². The zero-order valence-corrected chi connectivity index (χ0v) is 10.4. The summed E-state index contributed by atoms with van der Waals surface area (Å²) in [7, 11) is -2.15. The average Bonchev–Trinajstić information content (AvgIpc) is 2.01. The van der Waals surface area contributed by atoms with E-state index >= 15 is 0 Å². The summed E-state index contributed by atoms with van der Waals surface area (Å²) in [6.45, 7) is 9.88. The Hall–Kier alpha value is -0.620. The number of aromatic nitrogens is 1. The van der Waals surface area contributed by atoms with Gasteiger partial charge in [-0.2, -0.15) is 0 Å². The molecule has 0 radical (unpaired) electrons. The molecule has 0 saturated heterocycles. The van der Waals surface area contributed by atoms with Gasteiger partial charge in [-0.05, 0) is 25.5 Å². The molecule has 0 spiro atoms. The smallest absolute Gasteiger partial charge is 0.111 e. The Balaban J connectivity index is 3.08. The summed E-state index contributed by atoms with van der Waals surface area (Å²) in [5.41, 5.74) is 1.10. The lowest BCUT2D eigenvalue weighted by Crippen LogP contribution is -2.15. The first-order chi connectivity index (χ1) is 6.21. The monoisotopic (exact) mass is 211 g/mol. The molecule has 78 valence electrons. The second-order valence-electron chi connectivity index (χ2n) is 5.00. The standard InChI is InChI=1S/C11H18NOP/c1-11(2,3)10-7-6-9(8-12-10)14(4,5)13/h6-8H,1-5H3. The Morgan fingerprint density at radius 1 is 1.21 bits per heavy atom. The number of rotatable bonds is 1.